The van der Waals surface area contributed by atoms with Gasteiger partial charge in [-0.2, -0.15) is 0 Å². The molecule has 0 fully saturated rings. The first-order valence-electron chi connectivity index (χ1n) is 8.21. The fourth-order valence-corrected chi connectivity index (χ4v) is 3.15. The van der Waals surface area contributed by atoms with E-state index in [0.29, 0.717) is 28.2 Å². The molecule has 0 spiro atoms. The topological polar surface area (TPSA) is 21.3 Å². The van der Waals surface area contributed by atoms with E-state index in [0.717, 1.165) is 27.5 Å². The van der Waals surface area contributed by atoms with E-state index in [1.165, 1.54) is 0 Å². The van der Waals surface area contributed by atoms with Gasteiger partial charge in [-0.3, -0.25) is 0 Å². The third kappa shape index (κ3) is 5.60. The zero-order valence-electron chi connectivity index (χ0n) is 14.2. The Morgan fingerprint density at radius 2 is 1.59 bits per heavy atom. The molecule has 27 heavy (non-hydrogen) atoms. The maximum Gasteiger partial charge on any atom is 0.119 e. The van der Waals surface area contributed by atoms with Crippen molar-refractivity contribution in [2.24, 2.45) is 0 Å². The largest absolute Gasteiger partial charge is 0.489 e. The monoisotopic (exact) mass is 435 g/mol. The first kappa shape index (κ1) is 20.0. The van der Waals surface area contributed by atoms with Gasteiger partial charge in [-0.05, 0) is 53.6 Å². The van der Waals surface area contributed by atoms with Crippen LogP contribution in [0.25, 0.3) is 0 Å². The van der Waals surface area contributed by atoms with Gasteiger partial charge in [0.15, 0.2) is 0 Å². The van der Waals surface area contributed by atoms with Crippen LogP contribution in [-0.4, -0.2) is 4.99 Å². The average molecular weight is 437 g/mol. The molecule has 6 heteroatoms. The molecule has 0 unspecified atom stereocenters. The molecule has 1 N–H and O–H groups in total. The Hall–Kier alpha value is -1.78. The number of benzene rings is 3. The Morgan fingerprint density at radius 3 is 2.30 bits per heavy atom. The second kappa shape index (κ2) is 9.43. The van der Waals surface area contributed by atoms with Crippen molar-refractivity contribution in [3.05, 3.63) is 98.5 Å². The summed E-state index contributed by atoms with van der Waals surface area (Å²) in [7, 11) is 0. The summed E-state index contributed by atoms with van der Waals surface area (Å²) in [5.74, 6) is 0.749. The number of thiocarbonyl (C=S) groups is 1. The predicted molar refractivity (Wildman–Crippen MR) is 117 cm³/mol. The summed E-state index contributed by atoms with van der Waals surface area (Å²) in [6.45, 7) is 0.986. The molecule has 0 aromatic heterocycles. The molecule has 0 atom stereocenters. The molecule has 0 amide bonds. The predicted octanol–water partition coefficient (Wildman–Crippen LogP) is 6.69. The number of halogens is 3. The highest BCUT2D eigenvalue weighted by atomic mass is 35.5. The van der Waals surface area contributed by atoms with Gasteiger partial charge in [-0.15, -0.1) is 0 Å². The van der Waals surface area contributed by atoms with E-state index in [9.17, 15) is 0 Å². The smallest absolute Gasteiger partial charge is 0.119 e. The highest BCUT2D eigenvalue weighted by molar-refractivity contribution is 7.80. The van der Waals surface area contributed by atoms with Crippen molar-refractivity contribution in [1.82, 2.24) is 5.32 Å². The lowest BCUT2D eigenvalue weighted by Crippen LogP contribution is -2.21. The third-order valence-corrected chi connectivity index (χ3v) is 5.39. The second-order valence-corrected chi connectivity index (χ2v) is 7.47. The summed E-state index contributed by atoms with van der Waals surface area (Å²) in [6.07, 6.45) is 0. The first-order chi connectivity index (χ1) is 13.0. The zero-order chi connectivity index (χ0) is 19.2. The van der Waals surface area contributed by atoms with E-state index < -0.39 is 0 Å². The number of rotatable bonds is 6. The van der Waals surface area contributed by atoms with Crippen molar-refractivity contribution in [3.8, 4) is 5.75 Å². The third-order valence-electron chi connectivity index (χ3n) is 3.90. The van der Waals surface area contributed by atoms with Gasteiger partial charge < -0.3 is 10.1 Å². The Kier molecular flexibility index (Phi) is 6.97. The second-order valence-electron chi connectivity index (χ2n) is 5.84. The van der Waals surface area contributed by atoms with E-state index in [1.54, 1.807) is 12.1 Å². The number of hydrogen-bond acceptors (Lipinski definition) is 2. The SMILES string of the molecule is S=C(NCc1ccccc1Cl)c1ccc(OCc2ccc(Cl)c(Cl)c2)cc1. The lowest BCUT2D eigenvalue weighted by Gasteiger charge is -2.11. The quantitative estimate of drug-likeness (QED) is 0.435. The molecule has 0 aliphatic heterocycles. The van der Waals surface area contributed by atoms with E-state index in [4.69, 9.17) is 51.8 Å². The van der Waals surface area contributed by atoms with E-state index in [-0.39, 0.29) is 0 Å². The molecule has 0 saturated heterocycles. The lowest BCUT2D eigenvalue weighted by atomic mass is 10.2. The number of hydrogen-bond donors (Lipinski definition) is 1. The Bertz CT molecular complexity index is 944. The van der Waals surface area contributed by atoms with Gasteiger partial charge >= 0.3 is 0 Å². The molecule has 2 nitrogen and oxygen atoms in total. The van der Waals surface area contributed by atoms with E-state index in [1.807, 2.05) is 54.6 Å². The minimum atomic E-state index is 0.408. The summed E-state index contributed by atoms with van der Waals surface area (Å²) < 4.78 is 5.78. The van der Waals surface area contributed by atoms with Gasteiger partial charge in [-0.25, -0.2) is 0 Å². The van der Waals surface area contributed by atoms with Gasteiger partial charge in [0.2, 0.25) is 0 Å². The number of ether oxygens (including phenoxy) is 1. The molecule has 0 bridgehead atoms. The average Bonchev–Trinajstić information content (AvgIpc) is 2.68. The van der Waals surface area contributed by atoms with Crippen molar-refractivity contribution in [3.63, 3.8) is 0 Å². The van der Waals surface area contributed by atoms with Crippen molar-refractivity contribution >= 4 is 52.0 Å². The highest BCUT2D eigenvalue weighted by Crippen LogP contribution is 2.23. The van der Waals surface area contributed by atoms with Gasteiger partial charge in [0.05, 0.1) is 10.0 Å². The molecule has 3 aromatic carbocycles. The molecule has 0 radical (unpaired) electrons. The van der Waals surface area contributed by atoms with Crippen LogP contribution in [-0.2, 0) is 13.2 Å². The fourth-order valence-electron chi connectivity index (χ4n) is 2.42. The van der Waals surface area contributed by atoms with E-state index in [2.05, 4.69) is 5.32 Å². The zero-order valence-corrected chi connectivity index (χ0v) is 17.3. The number of nitrogens with one attached hydrogen (secondary N) is 1. The highest BCUT2D eigenvalue weighted by Gasteiger charge is 2.05. The Balaban J connectivity index is 1.55. The summed E-state index contributed by atoms with van der Waals surface area (Å²) in [5.41, 5.74) is 2.87. The molecule has 3 rings (SSSR count). The summed E-state index contributed by atoms with van der Waals surface area (Å²) in [6, 6.07) is 20.7. The van der Waals surface area contributed by atoms with Crippen LogP contribution in [0.15, 0.2) is 66.7 Å². The molecule has 0 aliphatic rings. The summed E-state index contributed by atoms with van der Waals surface area (Å²) in [5, 5.41) is 4.99. The van der Waals surface area contributed by atoms with Crippen molar-refractivity contribution < 1.29 is 4.74 Å². The van der Waals surface area contributed by atoms with Crippen LogP contribution < -0.4 is 10.1 Å². The minimum absolute atomic E-state index is 0.408. The van der Waals surface area contributed by atoms with Gasteiger partial charge in [0.25, 0.3) is 0 Å². The standard InChI is InChI=1S/C21H16Cl3NOS/c22-18-4-2-1-3-16(18)12-25-21(27)15-6-8-17(9-7-15)26-13-14-5-10-19(23)20(24)11-14/h1-11H,12-13H2,(H,25,27). The van der Waals surface area contributed by atoms with Gasteiger partial charge in [0.1, 0.15) is 17.3 Å². The molecular weight excluding hydrogens is 421 g/mol. The molecule has 3 aromatic rings. The Labute approximate surface area is 179 Å². The van der Waals surface area contributed by atoms with Crippen molar-refractivity contribution in [1.29, 1.82) is 0 Å². The van der Waals surface area contributed by atoms with Crippen LogP contribution in [0.4, 0.5) is 0 Å². The van der Waals surface area contributed by atoms with Crippen molar-refractivity contribution in [2.45, 2.75) is 13.2 Å². The normalized spacial score (nSPS) is 10.5. The lowest BCUT2D eigenvalue weighted by molar-refractivity contribution is 0.306. The van der Waals surface area contributed by atoms with Crippen LogP contribution >= 0.6 is 47.0 Å². The van der Waals surface area contributed by atoms with E-state index >= 15 is 0 Å². The van der Waals surface area contributed by atoms with Crippen LogP contribution in [0.5, 0.6) is 5.75 Å². The van der Waals surface area contributed by atoms with Crippen LogP contribution in [0, 0.1) is 0 Å². The maximum atomic E-state index is 6.16. The summed E-state index contributed by atoms with van der Waals surface area (Å²) in [4.78, 5) is 0.658. The van der Waals surface area contributed by atoms with Gasteiger partial charge in [0, 0.05) is 17.1 Å². The maximum absolute atomic E-state index is 6.16. The van der Waals surface area contributed by atoms with Crippen LogP contribution in [0.2, 0.25) is 15.1 Å². The molecule has 0 heterocycles. The van der Waals surface area contributed by atoms with Crippen LogP contribution in [0.3, 0.4) is 0 Å². The molecular formula is C21H16Cl3NOS. The van der Waals surface area contributed by atoms with Crippen LogP contribution in [0.1, 0.15) is 16.7 Å². The first-order valence-corrected chi connectivity index (χ1v) is 9.75. The minimum Gasteiger partial charge on any atom is -0.489 e. The molecule has 0 saturated carbocycles. The fraction of sp³-hybridized carbons (Fsp3) is 0.0952. The van der Waals surface area contributed by atoms with Gasteiger partial charge in [-0.1, -0.05) is 71.3 Å². The summed E-state index contributed by atoms with van der Waals surface area (Å²) >= 11 is 23.6. The Morgan fingerprint density at radius 1 is 0.852 bits per heavy atom. The van der Waals surface area contributed by atoms with Crippen molar-refractivity contribution in [2.75, 3.05) is 0 Å². The molecule has 0 aliphatic carbocycles. The molecule has 138 valence electrons.